The minimum Gasteiger partial charge on any atom is -0.299 e. The second-order valence-electron chi connectivity index (χ2n) is 4.43. The number of nitrogens with zero attached hydrogens (tertiary/aromatic N) is 1. The maximum Gasteiger partial charge on any atom is 0.137 e. The third-order valence-corrected chi connectivity index (χ3v) is 3.14. The molecule has 80 valence electrons. The van der Waals surface area contributed by atoms with Gasteiger partial charge in [0.15, 0.2) is 0 Å². The monoisotopic (exact) mass is 203 g/mol. The lowest BCUT2D eigenvalue weighted by Crippen LogP contribution is -2.08. The van der Waals surface area contributed by atoms with Crippen molar-refractivity contribution in [3.8, 4) is 0 Å². The van der Waals surface area contributed by atoms with Crippen LogP contribution in [0.15, 0.2) is 24.5 Å². The fraction of sp³-hybridized carbons (Fsp3) is 0.538. The first-order valence-corrected chi connectivity index (χ1v) is 5.75. The average Bonchev–Trinajstić information content (AvgIpc) is 2.71. The number of Topliss-reactive ketones (excluding diaryl/α,β-unsaturated/α-hetero) is 1. The Kier molecular flexibility index (Phi) is 3.49. The molecule has 0 aliphatic heterocycles. The van der Waals surface area contributed by atoms with Crippen LogP contribution in [0.25, 0.3) is 0 Å². The summed E-state index contributed by atoms with van der Waals surface area (Å²) in [7, 11) is 0. The van der Waals surface area contributed by atoms with E-state index in [0.717, 1.165) is 12.0 Å². The number of hydrogen-bond donors (Lipinski definition) is 0. The van der Waals surface area contributed by atoms with E-state index < -0.39 is 0 Å². The molecule has 0 bridgehead atoms. The van der Waals surface area contributed by atoms with E-state index in [9.17, 15) is 4.79 Å². The average molecular weight is 203 g/mol. The van der Waals surface area contributed by atoms with E-state index in [4.69, 9.17) is 0 Å². The van der Waals surface area contributed by atoms with Crippen LogP contribution in [-0.2, 0) is 11.2 Å². The number of carbonyl (C=O) groups excluding carboxylic acids is 1. The quantitative estimate of drug-likeness (QED) is 0.753. The molecule has 1 aromatic heterocycles. The van der Waals surface area contributed by atoms with Gasteiger partial charge in [0.2, 0.25) is 0 Å². The van der Waals surface area contributed by atoms with Gasteiger partial charge in [0.1, 0.15) is 5.78 Å². The highest BCUT2D eigenvalue weighted by atomic mass is 16.1. The summed E-state index contributed by atoms with van der Waals surface area (Å²) in [5.41, 5.74) is 1.09. The lowest BCUT2D eigenvalue weighted by atomic mass is 9.98. The van der Waals surface area contributed by atoms with E-state index >= 15 is 0 Å². The van der Waals surface area contributed by atoms with E-state index in [2.05, 4.69) is 4.98 Å². The van der Waals surface area contributed by atoms with Crippen LogP contribution < -0.4 is 0 Å². The molecule has 0 amide bonds. The van der Waals surface area contributed by atoms with Crippen molar-refractivity contribution >= 4 is 5.78 Å². The van der Waals surface area contributed by atoms with Crippen LogP contribution in [0.5, 0.6) is 0 Å². The number of aromatic nitrogens is 1. The normalized spacial score (nSPS) is 16.8. The molecule has 1 fully saturated rings. The molecule has 1 heterocycles. The summed E-state index contributed by atoms with van der Waals surface area (Å²) >= 11 is 0. The first-order valence-electron chi connectivity index (χ1n) is 5.75. The molecule has 2 heteroatoms. The van der Waals surface area contributed by atoms with Crippen molar-refractivity contribution in [2.24, 2.45) is 5.92 Å². The lowest BCUT2D eigenvalue weighted by Gasteiger charge is -2.07. The Morgan fingerprint density at radius 2 is 1.93 bits per heavy atom. The SMILES string of the molecule is O=C(Cc1ccncc1)CC1CCCC1. The van der Waals surface area contributed by atoms with E-state index in [1.165, 1.54) is 25.7 Å². The first kappa shape index (κ1) is 10.3. The topological polar surface area (TPSA) is 30.0 Å². The van der Waals surface area contributed by atoms with Gasteiger partial charge < -0.3 is 0 Å². The Morgan fingerprint density at radius 3 is 2.60 bits per heavy atom. The highest BCUT2D eigenvalue weighted by molar-refractivity contribution is 5.81. The maximum absolute atomic E-state index is 11.7. The lowest BCUT2D eigenvalue weighted by molar-refractivity contribution is -0.119. The van der Waals surface area contributed by atoms with Crippen molar-refractivity contribution in [1.29, 1.82) is 0 Å². The zero-order valence-corrected chi connectivity index (χ0v) is 8.98. The molecule has 0 saturated heterocycles. The van der Waals surface area contributed by atoms with Crippen LogP contribution in [0.1, 0.15) is 37.7 Å². The van der Waals surface area contributed by atoms with E-state index in [0.29, 0.717) is 18.1 Å². The summed E-state index contributed by atoms with van der Waals surface area (Å²) in [6.45, 7) is 0. The van der Waals surface area contributed by atoms with Gasteiger partial charge in [0.05, 0.1) is 0 Å². The molecule has 1 saturated carbocycles. The van der Waals surface area contributed by atoms with Crippen molar-refractivity contribution in [3.63, 3.8) is 0 Å². The minimum atomic E-state index is 0.383. The molecule has 1 aliphatic carbocycles. The van der Waals surface area contributed by atoms with E-state index in [1.54, 1.807) is 12.4 Å². The molecular formula is C13H17NO. The van der Waals surface area contributed by atoms with Crippen LogP contribution >= 0.6 is 0 Å². The smallest absolute Gasteiger partial charge is 0.137 e. The van der Waals surface area contributed by atoms with Gasteiger partial charge in [-0.2, -0.15) is 0 Å². The Morgan fingerprint density at radius 1 is 1.27 bits per heavy atom. The fourth-order valence-corrected chi connectivity index (χ4v) is 2.34. The Balaban J connectivity index is 1.82. The highest BCUT2D eigenvalue weighted by Crippen LogP contribution is 2.27. The predicted octanol–water partition coefficient (Wildman–Crippen LogP) is 2.77. The molecule has 2 rings (SSSR count). The predicted molar refractivity (Wildman–Crippen MR) is 59.5 cm³/mol. The van der Waals surface area contributed by atoms with Crippen molar-refractivity contribution in [2.75, 3.05) is 0 Å². The van der Waals surface area contributed by atoms with Gasteiger partial charge >= 0.3 is 0 Å². The summed E-state index contributed by atoms with van der Waals surface area (Å²) < 4.78 is 0. The summed E-state index contributed by atoms with van der Waals surface area (Å²) in [5, 5.41) is 0. The van der Waals surface area contributed by atoms with Gasteiger partial charge in [-0.3, -0.25) is 9.78 Å². The second-order valence-corrected chi connectivity index (χ2v) is 4.43. The molecule has 0 unspecified atom stereocenters. The molecule has 1 aliphatic rings. The van der Waals surface area contributed by atoms with Crippen LogP contribution in [-0.4, -0.2) is 10.8 Å². The summed E-state index contributed by atoms with van der Waals surface area (Å²) in [5.74, 6) is 1.05. The van der Waals surface area contributed by atoms with Gasteiger partial charge in [-0.05, 0) is 23.6 Å². The van der Waals surface area contributed by atoms with Gasteiger partial charge in [0.25, 0.3) is 0 Å². The summed E-state index contributed by atoms with van der Waals surface area (Å²) in [6.07, 6.45) is 9.99. The highest BCUT2D eigenvalue weighted by Gasteiger charge is 2.18. The Labute approximate surface area is 90.7 Å². The third-order valence-electron chi connectivity index (χ3n) is 3.14. The molecule has 2 nitrogen and oxygen atoms in total. The summed E-state index contributed by atoms with van der Waals surface area (Å²) in [6, 6.07) is 3.85. The molecule has 15 heavy (non-hydrogen) atoms. The molecular weight excluding hydrogens is 186 g/mol. The van der Waals surface area contributed by atoms with Gasteiger partial charge in [0, 0.05) is 25.2 Å². The fourth-order valence-electron chi connectivity index (χ4n) is 2.34. The van der Waals surface area contributed by atoms with Crippen LogP contribution in [0.3, 0.4) is 0 Å². The largest absolute Gasteiger partial charge is 0.299 e. The third kappa shape index (κ3) is 3.15. The molecule has 0 atom stereocenters. The van der Waals surface area contributed by atoms with Crippen molar-refractivity contribution in [3.05, 3.63) is 30.1 Å². The zero-order chi connectivity index (χ0) is 10.5. The van der Waals surface area contributed by atoms with Crippen LogP contribution in [0.4, 0.5) is 0 Å². The van der Waals surface area contributed by atoms with Crippen LogP contribution in [0, 0.1) is 5.92 Å². The van der Waals surface area contributed by atoms with Crippen molar-refractivity contribution < 1.29 is 4.79 Å². The number of ketones is 1. The Bertz CT molecular complexity index is 315. The van der Waals surface area contributed by atoms with E-state index in [-0.39, 0.29) is 0 Å². The zero-order valence-electron chi connectivity index (χ0n) is 8.98. The number of pyridine rings is 1. The molecule has 0 N–H and O–H groups in total. The van der Waals surface area contributed by atoms with Crippen molar-refractivity contribution in [2.45, 2.75) is 38.5 Å². The van der Waals surface area contributed by atoms with Gasteiger partial charge in [-0.15, -0.1) is 0 Å². The molecule has 0 radical (unpaired) electrons. The second kappa shape index (κ2) is 5.06. The van der Waals surface area contributed by atoms with E-state index in [1.807, 2.05) is 12.1 Å². The number of hydrogen-bond acceptors (Lipinski definition) is 2. The Hall–Kier alpha value is -1.18. The minimum absolute atomic E-state index is 0.383. The van der Waals surface area contributed by atoms with Crippen molar-refractivity contribution in [1.82, 2.24) is 4.98 Å². The number of carbonyl (C=O) groups is 1. The standard InChI is InChI=1S/C13H17NO/c15-13(9-11-3-1-2-4-11)10-12-5-7-14-8-6-12/h5-8,11H,1-4,9-10H2. The van der Waals surface area contributed by atoms with Gasteiger partial charge in [-0.25, -0.2) is 0 Å². The van der Waals surface area contributed by atoms with Gasteiger partial charge in [-0.1, -0.05) is 25.7 Å². The first-order chi connectivity index (χ1) is 7.34. The molecule has 0 spiro atoms. The maximum atomic E-state index is 11.7. The summed E-state index contributed by atoms with van der Waals surface area (Å²) in [4.78, 5) is 15.7. The van der Waals surface area contributed by atoms with Crippen LogP contribution in [0.2, 0.25) is 0 Å². The number of rotatable bonds is 4. The molecule has 1 aromatic rings. The molecule has 0 aromatic carbocycles.